The van der Waals surface area contributed by atoms with E-state index in [1.807, 2.05) is 25.1 Å². The molecule has 0 bridgehead atoms. The van der Waals surface area contributed by atoms with Gasteiger partial charge >= 0.3 is 17.9 Å². The molecule has 79 heavy (non-hydrogen) atoms. The molecule has 0 fully saturated rings. The summed E-state index contributed by atoms with van der Waals surface area (Å²) in [5.41, 5.74) is 9.79. The average molecular weight is 1070 g/mol. The highest BCUT2D eigenvalue weighted by Crippen LogP contribution is 2.36. The smallest absolute Gasteiger partial charge is 0.341 e. The van der Waals surface area contributed by atoms with E-state index in [4.69, 9.17) is 29.5 Å². The third-order valence-corrected chi connectivity index (χ3v) is 12.7. The van der Waals surface area contributed by atoms with Crippen LogP contribution < -0.4 is 9.47 Å². The van der Waals surface area contributed by atoms with Crippen LogP contribution in [0.5, 0.6) is 17.2 Å². The predicted octanol–water partition coefficient (Wildman–Crippen LogP) is 11.7. The van der Waals surface area contributed by atoms with Crippen molar-refractivity contribution in [1.82, 2.24) is 15.0 Å². The summed E-state index contributed by atoms with van der Waals surface area (Å²) >= 11 is 0. The van der Waals surface area contributed by atoms with Crippen LogP contribution in [0.4, 0.5) is 13.2 Å². The molecule has 3 aromatic heterocycles. The van der Waals surface area contributed by atoms with Crippen LogP contribution in [0.2, 0.25) is 0 Å². The fourth-order valence-electron chi connectivity index (χ4n) is 8.91. The number of nitriles is 2. The number of hydrogen-bond acceptors (Lipinski definition) is 14. The fraction of sp³-hybridized carbons (Fsp3) is 0.194. The van der Waals surface area contributed by atoms with E-state index in [9.17, 15) is 32.7 Å². The number of aryl methyl sites for hydroxylation is 1. The topological polar surface area (TPSA) is 204 Å². The molecule has 0 aliphatic carbocycles. The molecule has 0 radical (unpaired) electrons. The molecular weight excluding hydrogens is 1020 g/mol. The van der Waals surface area contributed by atoms with Crippen molar-refractivity contribution in [3.05, 3.63) is 212 Å². The third-order valence-electron chi connectivity index (χ3n) is 12.7. The summed E-state index contributed by atoms with van der Waals surface area (Å²) < 4.78 is 64.4. The summed E-state index contributed by atoms with van der Waals surface area (Å²) in [6.07, 6.45) is 7.68. The molecule has 400 valence electrons. The highest BCUT2D eigenvalue weighted by Gasteiger charge is 2.23. The van der Waals surface area contributed by atoms with Gasteiger partial charge in [-0.2, -0.15) is 10.5 Å². The number of ether oxygens (including phenoxy) is 5. The van der Waals surface area contributed by atoms with Gasteiger partial charge in [0.2, 0.25) is 0 Å². The average Bonchev–Trinajstić information content (AvgIpc) is 3.48. The maximum absolute atomic E-state index is 13.1. The highest BCUT2D eigenvalue weighted by molar-refractivity contribution is 6.03. The van der Waals surface area contributed by atoms with Crippen molar-refractivity contribution in [2.24, 2.45) is 0 Å². The first kappa shape index (κ1) is 56.8. The standard InChI is InChI=1S/C21H17FN2O3.C21H20FNO3.C20H15FN2O3/c1-26-20-18(21(25)27-2)11-15(7-8-23)17-10-14(12-24-19(17)20)9-13-3-5-16(22)6-4-13;1-4-15-11-18(21(24)26-3)20(25-2)19-17(15)10-14(12-23-19)9-13-5-7-16(22)8-6-13;1-26-20(25)17-10-14(6-7-22)16-9-13(11-23-18(16)19(17)24)8-12-2-4-15(21)5-3-12/h3-6,10-12H,7,9H2,1-2H3;5-8,10-12H,4,9H2,1-3H3;2-5,9-11,24H,6,8H2,1H3. The van der Waals surface area contributed by atoms with Crippen molar-refractivity contribution in [2.45, 2.75) is 45.4 Å². The Kier molecular flexibility index (Phi) is 18.9. The summed E-state index contributed by atoms with van der Waals surface area (Å²) in [6, 6.07) is 33.7. The lowest BCUT2D eigenvalue weighted by Gasteiger charge is -2.14. The van der Waals surface area contributed by atoms with Crippen LogP contribution in [-0.4, -0.2) is 73.5 Å². The Labute approximate surface area is 453 Å². The Hall–Kier alpha value is -9.87. The predicted molar refractivity (Wildman–Crippen MR) is 290 cm³/mol. The van der Waals surface area contributed by atoms with Gasteiger partial charge in [0.15, 0.2) is 17.2 Å². The summed E-state index contributed by atoms with van der Waals surface area (Å²) in [5, 5.41) is 30.9. The van der Waals surface area contributed by atoms with E-state index >= 15 is 0 Å². The van der Waals surface area contributed by atoms with Gasteiger partial charge in [-0.1, -0.05) is 43.3 Å². The Morgan fingerprint density at radius 2 is 0.785 bits per heavy atom. The molecule has 0 aliphatic rings. The second kappa shape index (κ2) is 26.3. The number of esters is 3. The molecule has 0 unspecified atom stereocenters. The van der Waals surface area contributed by atoms with E-state index in [0.717, 1.165) is 56.1 Å². The number of benzene rings is 6. The first-order chi connectivity index (χ1) is 38.2. The van der Waals surface area contributed by atoms with Gasteiger partial charge in [0.05, 0.1) is 60.5 Å². The van der Waals surface area contributed by atoms with Crippen molar-refractivity contribution in [3.63, 3.8) is 0 Å². The minimum atomic E-state index is -0.694. The molecule has 0 amide bonds. The van der Waals surface area contributed by atoms with Crippen LogP contribution in [-0.2, 0) is 52.7 Å². The van der Waals surface area contributed by atoms with Crippen molar-refractivity contribution >= 4 is 50.6 Å². The number of methoxy groups -OCH3 is 5. The number of aromatic hydroxyl groups is 1. The zero-order valence-corrected chi connectivity index (χ0v) is 44.0. The normalized spacial score (nSPS) is 10.6. The second-order valence-electron chi connectivity index (χ2n) is 17.8. The van der Waals surface area contributed by atoms with Gasteiger partial charge in [-0.05, 0) is 149 Å². The van der Waals surface area contributed by atoms with Gasteiger partial charge in [-0.3, -0.25) is 15.0 Å². The number of carbonyl (C=O) groups excluding carboxylic acids is 3. The SMILES string of the molecule is CCc1cc(C(=O)OC)c(OC)c2ncc(Cc3ccc(F)cc3)cc12.COC(=O)c1cc(CC#N)c2cc(Cc3ccc(F)cc3)cnc2c1O.COC(=O)c1cc(CC#N)c2cc(Cc3ccc(F)cc3)cnc2c1OC. The fourth-order valence-corrected chi connectivity index (χ4v) is 8.91. The van der Waals surface area contributed by atoms with Crippen molar-refractivity contribution in [3.8, 4) is 29.4 Å². The van der Waals surface area contributed by atoms with E-state index < -0.39 is 17.9 Å². The monoisotopic (exact) mass is 1070 g/mol. The summed E-state index contributed by atoms with van der Waals surface area (Å²) in [5.74, 6) is -2.08. The highest BCUT2D eigenvalue weighted by atomic mass is 19.1. The van der Waals surface area contributed by atoms with Crippen LogP contribution in [0, 0.1) is 40.1 Å². The molecule has 14 nitrogen and oxygen atoms in total. The Morgan fingerprint density at radius 1 is 0.468 bits per heavy atom. The molecule has 6 aromatic carbocycles. The van der Waals surface area contributed by atoms with Gasteiger partial charge < -0.3 is 28.8 Å². The van der Waals surface area contributed by atoms with Crippen molar-refractivity contribution < 1.29 is 56.3 Å². The van der Waals surface area contributed by atoms with E-state index in [1.54, 1.807) is 67.1 Å². The van der Waals surface area contributed by atoms with Crippen LogP contribution in [0.3, 0.4) is 0 Å². The Morgan fingerprint density at radius 3 is 1.13 bits per heavy atom. The number of aromatic nitrogens is 3. The first-order valence-corrected chi connectivity index (χ1v) is 24.5. The van der Waals surface area contributed by atoms with Crippen LogP contribution in [0.15, 0.2) is 128 Å². The minimum Gasteiger partial charge on any atom is -0.505 e. The molecule has 1 N–H and O–H groups in total. The molecule has 0 saturated carbocycles. The maximum atomic E-state index is 13.1. The summed E-state index contributed by atoms with van der Waals surface area (Å²) in [4.78, 5) is 49.3. The molecule has 0 aliphatic heterocycles. The van der Waals surface area contributed by atoms with E-state index in [2.05, 4.69) is 31.8 Å². The van der Waals surface area contributed by atoms with Crippen LogP contribution in [0.25, 0.3) is 32.7 Å². The molecule has 9 rings (SSSR count). The quantitative estimate of drug-likeness (QED) is 0.0795. The van der Waals surface area contributed by atoms with Gasteiger partial charge in [0.25, 0.3) is 0 Å². The van der Waals surface area contributed by atoms with Crippen molar-refractivity contribution in [1.29, 1.82) is 10.5 Å². The van der Waals surface area contributed by atoms with Gasteiger partial charge in [0.1, 0.15) is 50.7 Å². The van der Waals surface area contributed by atoms with Crippen LogP contribution >= 0.6 is 0 Å². The van der Waals surface area contributed by atoms with Crippen molar-refractivity contribution in [2.75, 3.05) is 35.5 Å². The third kappa shape index (κ3) is 13.4. The summed E-state index contributed by atoms with van der Waals surface area (Å²) in [7, 11) is 6.82. The molecule has 3 heterocycles. The first-order valence-electron chi connectivity index (χ1n) is 24.5. The minimum absolute atomic E-state index is 0.0240. The number of rotatable bonds is 14. The number of fused-ring (bicyclic) bond motifs is 3. The second-order valence-corrected chi connectivity index (χ2v) is 17.8. The van der Waals surface area contributed by atoms with E-state index in [1.165, 1.54) is 78.0 Å². The molecule has 0 atom stereocenters. The number of carbonyl (C=O) groups is 3. The number of halogens is 3. The lowest BCUT2D eigenvalue weighted by molar-refractivity contribution is 0.0588. The Balaban J connectivity index is 0.000000172. The van der Waals surface area contributed by atoms with Gasteiger partial charge in [0, 0.05) is 34.7 Å². The number of pyridine rings is 3. The molecule has 0 saturated heterocycles. The number of phenolic OH excluding ortho intramolecular Hbond substituents is 1. The zero-order valence-electron chi connectivity index (χ0n) is 44.0. The van der Waals surface area contributed by atoms with E-state index in [-0.39, 0.29) is 52.7 Å². The number of nitrogens with zero attached hydrogens (tertiary/aromatic N) is 5. The Bertz CT molecular complexity index is 3810. The molecular formula is C62H52F3N5O9. The zero-order chi connectivity index (χ0) is 56.8. The number of hydrogen-bond donors (Lipinski definition) is 1. The summed E-state index contributed by atoms with van der Waals surface area (Å²) in [6.45, 7) is 2.02. The van der Waals surface area contributed by atoms with Gasteiger partial charge in [-0.25, -0.2) is 27.6 Å². The maximum Gasteiger partial charge on any atom is 0.341 e. The van der Waals surface area contributed by atoms with E-state index in [0.29, 0.717) is 63.9 Å². The number of phenols is 1. The van der Waals surface area contributed by atoms with Gasteiger partial charge in [-0.15, -0.1) is 0 Å². The molecule has 0 spiro atoms. The lowest BCUT2D eigenvalue weighted by Crippen LogP contribution is -2.07. The lowest BCUT2D eigenvalue weighted by atomic mass is 9.98. The molecule has 9 aromatic rings. The van der Waals surface area contributed by atoms with Crippen LogP contribution in [0.1, 0.15) is 88.1 Å². The molecule has 17 heteroatoms. The largest absolute Gasteiger partial charge is 0.505 e.